The Morgan fingerprint density at radius 3 is 2.44 bits per heavy atom. The summed E-state index contributed by atoms with van der Waals surface area (Å²) in [7, 11) is 2.28. The van der Waals surface area contributed by atoms with Crippen molar-refractivity contribution in [3.05, 3.63) is 0 Å². The summed E-state index contributed by atoms with van der Waals surface area (Å²) in [6, 6.07) is 1.29. The fourth-order valence-electron chi connectivity index (χ4n) is 2.60. The van der Waals surface area contributed by atoms with Crippen LogP contribution in [0.25, 0.3) is 0 Å². The summed E-state index contributed by atoms with van der Waals surface area (Å²) in [5.74, 6) is 0. The largest absolute Gasteiger partial charge is 0.381 e. The minimum Gasteiger partial charge on any atom is -0.381 e. The summed E-state index contributed by atoms with van der Waals surface area (Å²) in [4.78, 5) is 2.55. The van der Waals surface area contributed by atoms with Crippen LogP contribution in [0.15, 0.2) is 0 Å². The van der Waals surface area contributed by atoms with Crippen molar-refractivity contribution in [2.24, 2.45) is 5.41 Å². The molecule has 1 rings (SSSR count). The number of hydrogen-bond acceptors (Lipinski definition) is 3. The lowest BCUT2D eigenvalue weighted by molar-refractivity contribution is 0.0285. The molecule has 1 saturated heterocycles. The third-order valence-electron chi connectivity index (χ3n) is 4.24. The topological polar surface area (TPSA) is 24.5 Å². The predicted molar refractivity (Wildman–Crippen MR) is 78.0 cm³/mol. The van der Waals surface area contributed by atoms with Crippen LogP contribution >= 0.6 is 0 Å². The van der Waals surface area contributed by atoms with Gasteiger partial charge >= 0.3 is 0 Å². The molecule has 3 nitrogen and oxygen atoms in total. The molecule has 1 aliphatic rings. The maximum absolute atomic E-state index is 5.45. The normalized spacial score (nSPS) is 21.5. The molecule has 1 N–H and O–H groups in total. The molecule has 0 amide bonds. The molecule has 0 aromatic carbocycles. The van der Waals surface area contributed by atoms with Gasteiger partial charge in [-0.15, -0.1) is 0 Å². The van der Waals surface area contributed by atoms with E-state index in [4.69, 9.17) is 4.74 Å². The fraction of sp³-hybridized carbons (Fsp3) is 1.00. The monoisotopic (exact) mass is 256 g/mol. The SMILES string of the molecule is CCC(C)(CNC(C)C)CN(C)C1CCOCC1. The zero-order valence-electron chi connectivity index (χ0n) is 13.0. The minimum atomic E-state index is 0.372. The van der Waals surface area contributed by atoms with Crippen LogP contribution in [0.3, 0.4) is 0 Å². The molecule has 108 valence electrons. The quantitative estimate of drug-likeness (QED) is 0.757. The Labute approximate surface area is 113 Å². The van der Waals surface area contributed by atoms with Gasteiger partial charge in [0.2, 0.25) is 0 Å². The third kappa shape index (κ3) is 5.25. The van der Waals surface area contributed by atoms with Crippen LogP contribution in [0.4, 0.5) is 0 Å². The molecule has 1 heterocycles. The van der Waals surface area contributed by atoms with Gasteiger partial charge in [-0.2, -0.15) is 0 Å². The van der Waals surface area contributed by atoms with Crippen molar-refractivity contribution in [1.82, 2.24) is 10.2 Å². The third-order valence-corrected chi connectivity index (χ3v) is 4.24. The number of nitrogens with zero attached hydrogens (tertiary/aromatic N) is 1. The standard InChI is InChI=1S/C15H32N2O/c1-6-15(4,11-16-13(2)3)12-17(5)14-7-9-18-10-8-14/h13-14,16H,6-12H2,1-5H3. The summed E-state index contributed by atoms with van der Waals surface area (Å²) in [5.41, 5.74) is 0.372. The van der Waals surface area contributed by atoms with Gasteiger partial charge in [0.25, 0.3) is 0 Å². The first kappa shape index (κ1) is 15.9. The maximum atomic E-state index is 5.45. The van der Waals surface area contributed by atoms with E-state index >= 15 is 0 Å². The molecular weight excluding hydrogens is 224 g/mol. The van der Waals surface area contributed by atoms with E-state index in [0.717, 1.165) is 19.8 Å². The van der Waals surface area contributed by atoms with E-state index in [-0.39, 0.29) is 0 Å². The minimum absolute atomic E-state index is 0.372. The summed E-state index contributed by atoms with van der Waals surface area (Å²) >= 11 is 0. The number of rotatable bonds is 7. The molecule has 1 atom stereocenters. The van der Waals surface area contributed by atoms with Gasteiger partial charge in [0, 0.05) is 38.4 Å². The first-order valence-corrected chi connectivity index (χ1v) is 7.48. The van der Waals surface area contributed by atoms with Crippen LogP contribution < -0.4 is 5.32 Å². The van der Waals surface area contributed by atoms with E-state index in [2.05, 4.69) is 45.0 Å². The van der Waals surface area contributed by atoms with Crippen molar-refractivity contribution in [2.75, 3.05) is 33.4 Å². The van der Waals surface area contributed by atoms with Gasteiger partial charge in [0.1, 0.15) is 0 Å². The van der Waals surface area contributed by atoms with Crippen LogP contribution in [-0.2, 0) is 4.74 Å². The molecule has 0 radical (unpaired) electrons. The Morgan fingerprint density at radius 2 is 1.94 bits per heavy atom. The van der Waals surface area contributed by atoms with Crippen LogP contribution in [0.5, 0.6) is 0 Å². The summed E-state index contributed by atoms with van der Waals surface area (Å²) in [6.07, 6.45) is 3.60. The van der Waals surface area contributed by atoms with E-state index < -0.39 is 0 Å². The Bertz CT molecular complexity index is 227. The Kier molecular flexibility index (Phi) is 6.61. The van der Waals surface area contributed by atoms with Crippen LogP contribution in [0.2, 0.25) is 0 Å². The van der Waals surface area contributed by atoms with Crippen molar-refractivity contribution in [3.8, 4) is 0 Å². The van der Waals surface area contributed by atoms with Crippen molar-refractivity contribution in [1.29, 1.82) is 0 Å². The van der Waals surface area contributed by atoms with E-state index in [1.54, 1.807) is 0 Å². The highest BCUT2D eigenvalue weighted by atomic mass is 16.5. The average Bonchev–Trinajstić information content (AvgIpc) is 2.37. The van der Waals surface area contributed by atoms with Crippen LogP contribution in [0, 0.1) is 5.41 Å². The number of hydrogen-bond donors (Lipinski definition) is 1. The van der Waals surface area contributed by atoms with Gasteiger partial charge in [-0.3, -0.25) is 0 Å². The molecule has 3 heteroatoms. The lowest BCUT2D eigenvalue weighted by Gasteiger charge is -2.39. The molecule has 0 bridgehead atoms. The molecule has 18 heavy (non-hydrogen) atoms. The van der Waals surface area contributed by atoms with Gasteiger partial charge < -0.3 is 15.0 Å². The van der Waals surface area contributed by atoms with E-state index in [9.17, 15) is 0 Å². The zero-order chi connectivity index (χ0) is 13.6. The predicted octanol–water partition coefficient (Wildman–Crippen LogP) is 2.51. The van der Waals surface area contributed by atoms with Crippen LogP contribution in [0.1, 0.15) is 47.0 Å². The van der Waals surface area contributed by atoms with Gasteiger partial charge in [-0.1, -0.05) is 27.7 Å². The lowest BCUT2D eigenvalue weighted by Crippen LogP contribution is -2.46. The Morgan fingerprint density at radius 1 is 1.33 bits per heavy atom. The molecule has 1 unspecified atom stereocenters. The molecular formula is C15H32N2O. The van der Waals surface area contributed by atoms with Crippen molar-refractivity contribution in [3.63, 3.8) is 0 Å². The lowest BCUT2D eigenvalue weighted by atomic mass is 9.86. The zero-order valence-corrected chi connectivity index (χ0v) is 13.0. The smallest absolute Gasteiger partial charge is 0.0480 e. The molecule has 0 spiro atoms. The number of ether oxygens (including phenoxy) is 1. The van der Waals surface area contributed by atoms with Crippen LogP contribution in [-0.4, -0.2) is 50.3 Å². The highest BCUT2D eigenvalue weighted by molar-refractivity contribution is 4.83. The average molecular weight is 256 g/mol. The fourth-order valence-corrected chi connectivity index (χ4v) is 2.60. The second-order valence-corrected chi connectivity index (χ2v) is 6.46. The van der Waals surface area contributed by atoms with Crippen molar-refractivity contribution < 1.29 is 4.74 Å². The van der Waals surface area contributed by atoms with Gasteiger partial charge in [0.15, 0.2) is 0 Å². The molecule has 0 aliphatic carbocycles. The summed E-state index contributed by atoms with van der Waals surface area (Å²) in [6.45, 7) is 13.3. The van der Waals surface area contributed by atoms with E-state index in [1.165, 1.54) is 25.8 Å². The molecule has 0 aromatic rings. The van der Waals surface area contributed by atoms with Crippen molar-refractivity contribution >= 4 is 0 Å². The summed E-state index contributed by atoms with van der Waals surface area (Å²) in [5, 5.41) is 3.59. The molecule has 0 saturated carbocycles. The second-order valence-electron chi connectivity index (χ2n) is 6.46. The molecule has 1 fully saturated rings. The first-order valence-electron chi connectivity index (χ1n) is 7.48. The first-order chi connectivity index (χ1) is 8.47. The maximum Gasteiger partial charge on any atom is 0.0480 e. The van der Waals surface area contributed by atoms with Gasteiger partial charge in [0.05, 0.1) is 0 Å². The van der Waals surface area contributed by atoms with Gasteiger partial charge in [-0.25, -0.2) is 0 Å². The molecule has 1 aliphatic heterocycles. The second kappa shape index (κ2) is 7.46. The highest BCUT2D eigenvalue weighted by Gasteiger charge is 2.27. The highest BCUT2D eigenvalue weighted by Crippen LogP contribution is 2.24. The van der Waals surface area contributed by atoms with E-state index in [0.29, 0.717) is 17.5 Å². The Balaban J connectivity index is 2.44. The van der Waals surface area contributed by atoms with Crippen molar-refractivity contribution in [2.45, 2.75) is 59.0 Å². The number of nitrogens with one attached hydrogen (secondary N) is 1. The summed E-state index contributed by atoms with van der Waals surface area (Å²) < 4.78 is 5.45. The molecule has 0 aromatic heterocycles. The van der Waals surface area contributed by atoms with Gasteiger partial charge in [-0.05, 0) is 31.7 Å². The van der Waals surface area contributed by atoms with E-state index in [1.807, 2.05) is 0 Å². The Hall–Kier alpha value is -0.120.